The van der Waals surface area contributed by atoms with Crippen molar-refractivity contribution >= 4 is 45.2 Å². The SMILES string of the molecule is [O-][NH+](O)OCC[C@]12[C@@H]3[C@@H](I)[C@H]4[C@H]5C[C@H]([C@@H]([C@H]53)[C@H]1I)[C@@H]42. The summed E-state index contributed by atoms with van der Waals surface area (Å²) in [6, 6.07) is 0. The van der Waals surface area contributed by atoms with E-state index < -0.39 is 5.39 Å². The molecule has 19 heavy (non-hydrogen) atoms. The monoisotopic (exact) mass is 489 g/mol. The van der Waals surface area contributed by atoms with Crippen molar-refractivity contribution in [3.63, 3.8) is 0 Å². The maximum atomic E-state index is 10.6. The summed E-state index contributed by atoms with van der Waals surface area (Å²) in [5, 5.41) is 18.2. The lowest BCUT2D eigenvalue weighted by Crippen LogP contribution is -3.03. The molecule has 0 aromatic heterocycles. The molecule has 6 heteroatoms. The third-order valence-electron chi connectivity index (χ3n) is 7.33. The lowest BCUT2D eigenvalue weighted by Gasteiger charge is -2.42. The maximum Gasteiger partial charge on any atom is 0.111 e. The highest BCUT2D eigenvalue weighted by Crippen LogP contribution is 2.89. The molecule has 0 spiro atoms. The van der Waals surface area contributed by atoms with Gasteiger partial charge in [-0.3, -0.25) is 0 Å². The van der Waals surface area contributed by atoms with Crippen molar-refractivity contribution in [2.75, 3.05) is 6.61 Å². The van der Waals surface area contributed by atoms with E-state index in [4.69, 9.17) is 10.0 Å². The maximum absolute atomic E-state index is 10.6. The molecule has 0 aliphatic heterocycles. The molecule has 11 atom stereocenters. The molecule has 2 N–H and O–H groups in total. The van der Waals surface area contributed by atoms with Crippen LogP contribution in [-0.4, -0.2) is 19.7 Å². The molecule has 1 unspecified atom stereocenters. The Morgan fingerprint density at radius 2 is 2.00 bits per heavy atom. The summed E-state index contributed by atoms with van der Waals surface area (Å²) in [5.74, 6) is 6.68. The van der Waals surface area contributed by atoms with E-state index in [2.05, 4.69) is 45.2 Å². The van der Waals surface area contributed by atoms with Crippen LogP contribution < -0.4 is 5.39 Å². The van der Waals surface area contributed by atoms with E-state index >= 15 is 0 Å². The Morgan fingerprint density at radius 1 is 1.21 bits per heavy atom. The molecule has 106 valence electrons. The van der Waals surface area contributed by atoms with Gasteiger partial charge >= 0.3 is 0 Å². The van der Waals surface area contributed by atoms with E-state index in [9.17, 15) is 5.21 Å². The minimum Gasteiger partial charge on any atom is -0.566 e. The normalized spacial score (nSPS) is 67.9. The lowest BCUT2D eigenvalue weighted by molar-refractivity contribution is -1.21. The Hall–Kier alpha value is 1.30. The van der Waals surface area contributed by atoms with E-state index in [1.165, 1.54) is 6.42 Å². The van der Waals surface area contributed by atoms with Crippen LogP contribution in [0.3, 0.4) is 0 Å². The average molecular weight is 489 g/mol. The standard InChI is InChI=1S/C13H17I2NO3/c14-11-8-4-3-5-7-6(4)10(11)13(9(5)8,12(7)15)1-2-19-16(17)18/h4-12,16-17H,1-3H2/t4-,5+,6-,7-,8-,9-,10-,11-,12+,13-/m0/s1. The molecule has 0 amide bonds. The summed E-state index contributed by atoms with van der Waals surface area (Å²) >= 11 is 5.44. The number of alkyl halides is 2. The Morgan fingerprint density at radius 3 is 2.74 bits per heavy atom. The van der Waals surface area contributed by atoms with Crippen LogP contribution >= 0.6 is 45.2 Å². The zero-order valence-corrected chi connectivity index (χ0v) is 14.7. The summed E-state index contributed by atoms with van der Waals surface area (Å²) in [6.07, 6.45) is 2.47. The topological polar surface area (TPSA) is 57.0 Å². The molecule has 6 bridgehead atoms. The smallest absolute Gasteiger partial charge is 0.111 e. The minimum absolute atomic E-state index is 0.411. The van der Waals surface area contributed by atoms with Gasteiger partial charge in [0.2, 0.25) is 0 Å². The van der Waals surface area contributed by atoms with Crippen molar-refractivity contribution in [1.82, 2.24) is 0 Å². The molecule has 6 aliphatic carbocycles. The predicted octanol–water partition coefficient (Wildman–Crippen LogP) is 1.45. The summed E-state index contributed by atoms with van der Waals surface area (Å²) < 4.78 is 1.64. The second-order valence-corrected chi connectivity index (χ2v) is 9.95. The van der Waals surface area contributed by atoms with Crippen molar-refractivity contribution < 1.29 is 15.4 Å². The quantitative estimate of drug-likeness (QED) is 0.358. The Kier molecular flexibility index (Phi) is 2.55. The van der Waals surface area contributed by atoms with Gasteiger partial charge in [-0.25, -0.2) is 0 Å². The van der Waals surface area contributed by atoms with Crippen molar-refractivity contribution in [3.8, 4) is 0 Å². The second kappa shape index (κ2) is 3.79. The Labute approximate surface area is 139 Å². The fraction of sp³-hybridized carbons (Fsp3) is 1.00. The van der Waals surface area contributed by atoms with Gasteiger partial charge in [-0.05, 0) is 59.7 Å². The molecular weight excluding hydrogens is 472 g/mol. The first-order chi connectivity index (χ1) is 9.09. The highest BCUT2D eigenvalue weighted by Gasteiger charge is 2.87. The number of rotatable bonds is 4. The van der Waals surface area contributed by atoms with Gasteiger partial charge in [0.05, 0.1) is 0 Å². The van der Waals surface area contributed by atoms with Crippen LogP contribution in [0.5, 0.6) is 0 Å². The highest BCUT2D eigenvalue weighted by atomic mass is 127. The van der Waals surface area contributed by atoms with Gasteiger partial charge in [0.15, 0.2) is 0 Å². The Balaban J connectivity index is 1.51. The first-order valence-corrected chi connectivity index (χ1v) is 9.72. The molecule has 0 aromatic rings. The van der Waals surface area contributed by atoms with E-state index in [1.807, 2.05) is 0 Å². The van der Waals surface area contributed by atoms with Gasteiger partial charge in [0.1, 0.15) is 6.61 Å². The highest BCUT2D eigenvalue weighted by molar-refractivity contribution is 14.1. The molecule has 0 saturated heterocycles. The lowest BCUT2D eigenvalue weighted by atomic mass is 9.62. The van der Waals surface area contributed by atoms with E-state index in [0.29, 0.717) is 12.0 Å². The summed E-state index contributed by atoms with van der Waals surface area (Å²) in [7, 11) is 0. The van der Waals surface area contributed by atoms with Crippen LogP contribution in [0.15, 0.2) is 0 Å². The van der Waals surface area contributed by atoms with Crippen molar-refractivity contribution in [3.05, 3.63) is 5.21 Å². The van der Waals surface area contributed by atoms with E-state index in [0.717, 1.165) is 55.7 Å². The van der Waals surface area contributed by atoms with Gasteiger partial charge in [-0.1, -0.05) is 50.6 Å². The zero-order chi connectivity index (χ0) is 13.1. The summed E-state index contributed by atoms with van der Waals surface area (Å²) in [5.41, 5.74) is 0.430. The fourth-order valence-electron chi connectivity index (χ4n) is 7.50. The molecule has 0 heterocycles. The molecule has 6 aliphatic rings. The van der Waals surface area contributed by atoms with Gasteiger partial charge < -0.3 is 5.21 Å². The first-order valence-electron chi connectivity index (χ1n) is 7.23. The molecule has 6 saturated carbocycles. The van der Waals surface area contributed by atoms with Gasteiger partial charge in [-0.2, -0.15) is 10.0 Å². The van der Waals surface area contributed by atoms with Crippen molar-refractivity contribution in [2.45, 2.75) is 20.7 Å². The molecule has 6 rings (SSSR count). The van der Waals surface area contributed by atoms with Gasteiger partial charge in [0, 0.05) is 7.85 Å². The van der Waals surface area contributed by atoms with Crippen molar-refractivity contribution in [2.24, 2.45) is 46.8 Å². The summed E-state index contributed by atoms with van der Waals surface area (Å²) in [4.78, 5) is 4.87. The molecule has 0 radical (unpaired) electrons. The van der Waals surface area contributed by atoms with E-state index in [-0.39, 0.29) is 0 Å². The van der Waals surface area contributed by atoms with Crippen LogP contribution in [0.4, 0.5) is 0 Å². The molecule has 6 fully saturated rings. The van der Waals surface area contributed by atoms with E-state index in [1.54, 1.807) is 0 Å². The van der Waals surface area contributed by atoms with Crippen LogP contribution in [0.25, 0.3) is 0 Å². The van der Waals surface area contributed by atoms with Gasteiger partial charge in [-0.15, -0.1) is 0 Å². The number of hydrogen-bond acceptors (Lipinski definition) is 3. The average Bonchev–Trinajstić information content (AvgIpc) is 3.05. The number of quaternary nitrogens is 1. The molecular formula is C13H17I2NO3. The van der Waals surface area contributed by atoms with Gasteiger partial charge in [0.25, 0.3) is 0 Å². The number of hydrogen-bond donors (Lipinski definition) is 2. The zero-order valence-electron chi connectivity index (χ0n) is 10.3. The number of nitrogens with one attached hydrogen (secondary N) is 1. The third kappa shape index (κ3) is 1.17. The number of halogens is 2. The largest absolute Gasteiger partial charge is 0.566 e. The van der Waals surface area contributed by atoms with Crippen LogP contribution in [0, 0.1) is 52.0 Å². The molecule has 4 nitrogen and oxygen atoms in total. The van der Waals surface area contributed by atoms with Crippen molar-refractivity contribution in [1.29, 1.82) is 0 Å². The molecule has 0 aromatic carbocycles. The third-order valence-corrected chi connectivity index (χ3v) is 10.9. The van der Waals surface area contributed by atoms with Crippen LogP contribution in [0.1, 0.15) is 12.8 Å². The summed E-state index contributed by atoms with van der Waals surface area (Å²) in [6.45, 7) is 0.411. The first kappa shape index (κ1) is 12.8. The fourth-order valence-corrected chi connectivity index (χ4v) is 11.8. The van der Waals surface area contributed by atoms with Crippen LogP contribution in [0.2, 0.25) is 0 Å². The van der Waals surface area contributed by atoms with Crippen LogP contribution in [-0.2, 0) is 4.84 Å². The minimum atomic E-state index is -1.11. The second-order valence-electron chi connectivity index (χ2n) is 7.17. The predicted molar refractivity (Wildman–Crippen MR) is 83.8 cm³/mol. The Bertz CT molecular complexity index is 446.